The van der Waals surface area contributed by atoms with Crippen molar-refractivity contribution in [2.24, 2.45) is 5.41 Å². The van der Waals surface area contributed by atoms with E-state index in [-0.39, 0.29) is 30.1 Å². The van der Waals surface area contributed by atoms with Crippen LogP contribution < -0.4 is 10.9 Å². The van der Waals surface area contributed by atoms with Gasteiger partial charge in [-0.2, -0.15) is 0 Å². The minimum atomic E-state index is -1.12. The molecule has 0 saturated heterocycles. The molecule has 3 heterocycles. The van der Waals surface area contributed by atoms with Crippen LogP contribution in [-0.4, -0.2) is 88.9 Å². The van der Waals surface area contributed by atoms with Crippen molar-refractivity contribution in [3.05, 3.63) is 57.0 Å². The van der Waals surface area contributed by atoms with E-state index in [0.29, 0.717) is 36.8 Å². The molecular weight excluding hydrogens is 543 g/mol. The fraction of sp³-hybridized carbons (Fsp3) is 0.567. The number of nitrogens with zero attached hydrogens (tertiary/aromatic N) is 5. The van der Waals surface area contributed by atoms with Gasteiger partial charge in [0.1, 0.15) is 17.2 Å². The number of carbonyl (C=O) groups excluding carboxylic acids is 3. The van der Waals surface area contributed by atoms with E-state index >= 15 is 0 Å². The van der Waals surface area contributed by atoms with Crippen LogP contribution in [0.25, 0.3) is 0 Å². The van der Waals surface area contributed by atoms with Gasteiger partial charge >= 0.3 is 11.8 Å². The van der Waals surface area contributed by atoms with Gasteiger partial charge < -0.3 is 25.1 Å². The fourth-order valence-electron chi connectivity index (χ4n) is 6.31. The smallest absolute Gasteiger partial charge is 0.312 e. The number of halogens is 1. The fourth-order valence-corrected chi connectivity index (χ4v) is 6.31. The van der Waals surface area contributed by atoms with Gasteiger partial charge in [-0.15, -0.1) is 0 Å². The number of hydrogen-bond acceptors (Lipinski definition) is 7. The first-order valence-electron chi connectivity index (χ1n) is 14.2. The molecule has 3 aliphatic rings. The van der Waals surface area contributed by atoms with Gasteiger partial charge in [0.2, 0.25) is 5.75 Å². The Morgan fingerprint density at radius 3 is 2.33 bits per heavy atom. The zero-order valence-electron chi connectivity index (χ0n) is 25.3. The van der Waals surface area contributed by atoms with E-state index in [4.69, 9.17) is 0 Å². The molecule has 42 heavy (non-hydrogen) atoms. The van der Waals surface area contributed by atoms with Gasteiger partial charge in [-0.1, -0.05) is 12.1 Å². The molecule has 0 radical (unpaired) electrons. The Labute approximate surface area is 245 Å². The Balaban J connectivity index is 1.77. The highest BCUT2D eigenvalue weighted by Gasteiger charge is 2.54. The molecule has 228 valence electrons. The topological polar surface area (TPSA) is 128 Å². The van der Waals surface area contributed by atoms with Gasteiger partial charge in [0.05, 0.1) is 0 Å². The molecule has 5 rings (SSSR count). The van der Waals surface area contributed by atoms with E-state index in [1.54, 1.807) is 13.0 Å². The van der Waals surface area contributed by atoms with Crippen LogP contribution in [0.5, 0.6) is 5.75 Å². The first-order valence-corrected chi connectivity index (χ1v) is 14.2. The molecule has 2 N–H and O–H groups in total. The maximum absolute atomic E-state index is 13.7. The average Bonchev–Trinajstić information content (AvgIpc) is 3.18. The van der Waals surface area contributed by atoms with Gasteiger partial charge in [-0.05, 0) is 88.7 Å². The minimum absolute atomic E-state index is 0.0232. The second kappa shape index (κ2) is 11.8. The number of nitrogens with one attached hydrogen (secondary N) is 1. The van der Waals surface area contributed by atoms with E-state index < -0.39 is 40.3 Å². The zero-order valence-corrected chi connectivity index (χ0v) is 25.3. The van der Waals surface area contributed by atoms with Crippen molar-refractivity contribution >= 4 is 17.7 Å². The molecule has 1 aromatic carbocycles. The van der Waals surface area contributed by atoms with E-state index in [1.807, 2.05) is 14.1 Å². The van der Waals surface area contributed by atoms with Gasteiger partial charge in [-0.3, -0.25) is 23.7 Å². The molecule has 3 amide bonds. The lowest BCUT2D eigenvalue weighted by Gasteiger charge is -2.46. The molecule has 1 aliphatic carbocycles. The molecule has 0 spiro atoms. The summed E-state index contributed by atoms with van der Waals surface area (Å²) in [6.07, 6.45) is 4.00. The number of rotatable bonds is 8. The quantitative estimate of drug-likeness (QED) is 0.454. The van der Waals surface area contributed by atoms with Crippen LogP contribution in [-0.2, 0) is 28.2 Å². The van der Waals surface area contributed by atoms with Crippen molar-refractivity contribution in [1.82, 2.24) is 29.6 Å². The molecule has 2 bridgehead atoms. The number of fused-ring (bicyclic) bond motifs is 2. The Bertz CT molecular complexity index is 1440. The van der Waals surface area contributed by atoms with E-state index in [1.165, 1.54) is 47.6 Å². The van der Waals surface area contributed by atoms with Crippen molar-refractivity contribution in [2.45, 2.75) is 64.1 Å². The normalized spacial score (nSPS) is 21.0. The zero-order chi connectivity index (χ0) is 31.0. The molecule has 2 aromatic rings. The largest absolute Gasteiger partial charge is 0.501 e. The Kier molecular flexibility index (Phi) is 8.77. The third kappa shape index (κ3) is 5.77. The summed E-state index contributed by atoms with van der Waals surface area (Å²) in [4.78, 5) is 62.4. The van der Waals surface area contributed by atoms with Gasteiger partial charge in [-0.25, -0.2) is 9.37 Å². The van der Waals surface area contributed by atoms with Crippen LogP contribution in [0.15, 0.2) is 23.0 Å². The summed E-state index contributed by atoms with van der Waals surface area (Å²) in [5.41, 5.74) is -1.54. The molecular formula is C30H41FN6O5. The summed E-state index contributed by atoms with van der Waals surface area (Å²) in [5, 5.41) is 13.6. The van der Waals surface area contributed by atoms with Crippen LogP contribution in [0.1, 0.15) is 66.0 Å². The number of aryl methyl sites for hydroxylation is 1. The summed E-state index contributed by atoms with van der Waals surface area (Å²) in [7, 11) is 8.54. The standard InChI is InChI=1S/C30H41FN6O5/c1-19-16-20(8-9-21(19)31)17-32-24(39)22-23(38)25(40)37-18-29(10-7-15-34(2)3)11-13-30(14-12-29,28(37)33-22)36(6)27(42)26(41)35(4)5/h8-9,16,38H,7,10-15,17-18H2,1-6H3,(H,32,39). The van der Waals surface area contributed by atoms with Crippen molar-refractivity contribution in [2.75, 3.05) is 41.8 Å². The van der Waals surface area contributed by atoms with Crippen LogP contribution in [0, 0.1) is 18.2 Å². The molecule has 2 aliphatic heterocycles. The number of benzene rings is 1. The van der Waals surface area contributed by atoms with Crippen molar-refractivity contribution in [3.8, 4) is 5.75 Å². The van der Waals surface area contributed by atoms with Gasteiger partial charge in [0.25, 0.3) is 11.5 Å². The van der Waals surface area contributed by atoms with E-state index in [0.717, 1.165) is 19.4 Å². The predicted molar refractivity (Wildman–Crippen MR) is 154 cm³/mol. The van der Waals surface area contributed by atoms with Crippen molar-refractivity contribution in [1.29, 1.82) is 0 Å². The summed E-state index contributed by atoms with van der Waals surface area (Å²) >= 11 is 0. The summed E-state index contributed by atoms with van der Waals surface area (Å²) in [6, 6.07) is 4.44. The Morgan fingerprint density at radius 1 is 1.07 bits per heavy atom. The summed E-state index contributed by atoms with van der Waals surface area (Å²) in [5.74, 6) is -3.17. The highest BCUT2D eigenvalue weighted by Crippen LogP contribution is 2.53. The third-order valence-corrected chi connectivity index (χ3v) is 8.93. The SMILES string of the molecule is Cc1cc(CNC(=O)c2nc3n(c(=O)c2O)CC2(CCCN(C)C)CCC3(N(C)C(=O)C(=O)N(C)C)CC2)ccc1F. The first-order chi connectivity index (χ1) is 19.7. The maximum atomic E-state index is 13.7. The molecule has 1 aromatic heterocycles. The second-order valence-corrected chi connectivity index (χ2v) is 12.3. The van der Waals surface area contributed by atoms with Gasteiger partial charge in [0, 0.05) is 34.2 Å². The second-order valence-electron chi connectivity index (χ2n) is 12.3. The number of aromatic nitrogens is 2. The molecule has 1 saturated carbocycles. The molecule has 0 unspecified atom stereocenters. The van der Waals surface area contributed by atoms with Crippen molar-refractivity contribution < 1.29 is 23.9 Å². The highest BCUT2D eigenvalue weighted by molar-refractivity contribution is 6.34. The third-order valence-electron chi connectivity index (χ3n) is 8.93. The first kappa shape index (κ1) is 31.1. The number of hydrogen-bond donors (Lipinski definition) is 2. The lowest BCUT2D eigenvalue weighted by molar-refractivity contribution is -0.155. The van der Waals surface area contributed by atoms with E-state index in [2.05, 4.69) is 15.2 Å². The highest BCUT2D eigenvalue weighted by atomic mass is 19.1. The molecule has 12 heteroatoms. The Hall–Kier alpha value is -3.80. The number of likely N-dealkylation sites (N-methyl/N-ethyl adjacent to an activating group) is 2. The predicted octanol–water partition coefficient (Wildman–Crippen LogP) is 1.98. The van der Waals surface area contributed by atoms with Crippen LogP contribution in [0.3, 0.4) is 0 Å². The van der Waals surface area contributed by atoms with Crippen LogP contribution >= 0.6 is 0 Å². The number of aromatic hydroxyl groups is 1. The molecule has 0 atom stereocenters. The molecule has 11 nitrogen and oxygen atoms in total. The van der Waals surface area contributed by atoms with Crippen molar-refractivity contribution in [3.63, 3.8) is 0 Å². The number of amides is 3. The lowest BCUT2D eigenvalue weighted by atomic mass is 9.66. The van der Waals surface area contributed by atoms with Gasteiger partial charge in [0.15, 0.2) is 5.69 Å². The Morgan fingerprint density at radius 2 is 1.74 bits per heavy atom. The monoisotopic (exact) mass is 584 g/mol. The maximum Gasteiger partial charge on any atom is 0.312 e. The molecule has 1 fully saturated rings. The minimum Gasteiger partial charge on any atom is -0.501 e. The van der Waals surface area contributed by atoms with Crippen LogP contribution in [0.2, 0.25) is 0 Å². The lowest BCUT2D eigenvalue weighted by Crippen LogP contribution is -2.54. The van der Waals surface area contributed by atoms with E-state index in [9.17, 15) is 28.7 Å². The van der Waals surface area contributed by atoms with Crippen LogP contribution in [0.4, 0.5) is 4.39 Å². The summed E-state index contributed by atoms with van der Waals surface area (Å²) in [6.45, 7) is 2.80. The number of carbonyl (C=O) groups is 3. The average molecular weight is 585 g/mol. The summed E-state index contributed by atoms with van der Waals surface area (Å²) < 4.78 is 15.1.